The quantitative estimate of drug-likeness (QED) is 0.643. The predicted octanol–water partition coefficient (Wildman–Crippen LogP) is 4.98. The van der Waals surface area contributed by atoms with Gasteiger partial charge >= 0.3 is 0 Å². The van der Waals surface area contributed by atoms with Crippen LogP contribution in [0.1, 0.15) is 11.1 Å². The highest BCUT2D eigenvalue weighted by molar-refractivity contribution is 9.11. The van der Waals surface area contributed by atoms with Gasteiger partial charge in [0.1, 0.15) is 0 Å². The molecule has 0 fully saturated rings. The highest BCUT2D eigenvalue weighted by Gasteiger charge is 2.04. The van der Waals surface area contributed by atoms with Crippen molar-refractivity contribution < 1.29 is 0 Å². The van der Waals surface area contributed by atoms with Crippen molar-refractivity contribution in [2.45, 2.75) is 13.8 Å². The van der Waals surface area contributed by atoms with Crippen LogP contribution in [0.3, 0.4) is 0 Å². The zero-order valence-corrected chi connectivity index (χ0v) is 11.2. The minimum atomic E-state index is 1.15. The summed E-state index contributed by atoms with van der Waals surface area (Å²) in [5.41, 5.74) is 2.66. The van der Waals surface area contributed by atoms with E-state index in [-0.39, 0.29) is 0 Å². The number of aryl methyl sites for hydroxylation is 2. The number of fused-ring (bicyclic) bond motifs is 1. The molecule has 2 rings (SSSR count). The van der Waals surface area contributed by atoms with Crippen LogP contribution >= 0.6 is 31.9 Å². The van der Waals surface area contributed by atoms with E-state index >= 15 is 0 Å². The molecule has 0 aliphatic heterocycles. The van der Waals surface area contributed by atoms with Crippen LogP contribution in [0.4, 0.5) is 0 Å². The van der Waals surface area contributed by atoms with Gasteiger partial charge < -0.3 is 0 Å². The van der Waals surface area contributed by atoms with Crippen molar-refractivity contribution in [1.82, 2.24) is 0 Å². The van der Waals surface area contributed by atoms with Crippen molar-refractivity contribution in [1.29, 1.82) is 0 Å². The van der Waals surface area contributed by atoms with Crippen molar-refractivity contribution in [3.8, 4) is 0 Å². The first-order valence-corrected chi connectivity index (χ1v) is 6.03. The fourth-order valence-electron chi connectivity index (χ4n) is 1.54. The second-order valence-corrected chi connectivity index (χ2v) is 5.22. The third-order valence-electron chi connectivity index (χ3n) is 2.52. The molecule has 0 bridgehead atoms. The minimum absolute atomic E-state index is 1.15. The lowest BCUT2D eigenvalue weighted by atomic mass is 10.0. The molecular weight excluding hydrogens is 304 g/mol. The third-order valence-corrected chi connectivity index (χ3v) is 3.91. The topological polar surface area (TPSA) is 0 Å². The summed E-state index contributed by atoms with van der Waals surface area (Å²) < 4.78 is 2.30. The Labute approximate surface area is 101 Å². The largest absolute Gasteiger partial charge is 0.0502 e. The molecule has 0 atom stereocenters. The van der Waals surface area contributed by atoms with Gasteiger partial charge in [-0.2, -0.15) is 0 Å². The van der Waals surface area contributed by atoms with E-state index in [0.717, 1.165) is 8.95 Å². The van der Waals surface area contributed by atoms with Gasteiger partial charge in [0.15, 0.2) is 0 Å². The van der Waals surface area contributed by atoms with E-state index in [1.165, 1.54) is 21.9 Å². The summed E-state index contributed by atoms with van der Waals surface area (Å²) >= 11 is 7.14. The van der Waals surface area contributed by atoms with Gasteiger partial charge in [0.2, 0.25) is 0 Å². The highest BCUT2D eigenvalue weighted by Crippen LogP contribution is 2.32. The summed E-state index contributed by atoms with van der Waals surface area (Å²) in [4.78, 5) is 0. The Morgan fingerprint density at radius 2 is 1.14 bits per heavy atom. The van der Waals surface area contributed by atoms with Crippen LogP contribution in [0.5, 0.6) is 0 Å². The summed E-state index contributed by atoms with van der Waals surface area (Å²) in [6.07, 6.45) is 0. The predicted molar refractivity (Wildman–Crippen MR) is 68.8 cm³/mol. The Hall–Kier alpha value is -0.340. The molecule has 0 nitrogen and oxygen atoms in total. The van der Waals surface area contributed by atoms with E-state index in [0.29, 0.717) is 0 Å². The second-order valence-electron chi connectivity index (χ2n) is 3.51. The van der Waals surface area contributed by atoms with Gasteiger partial charge in [-0.1, -0.05) is 44.0 Å². The lowest BCUT2D eigenvalue weighted by molar-refractivity contribution is 1.36. The first-order valence-electron chi connectivity index (χ1n) is 4.44. The Morgan fingerprint density at radius 3 is 1.50 bits per heavy atom. The van der Waals surface area contributed by atoms with Gasteiger partial charge in [-0.3, -0.25) is 0 Å². The minimum Gasteiger partial charge on any atom is -0.0502 e. The van der Waals surface area contributed by atoms with E-state index in [1.54, 1.807) is 0 Å². The molecule has 2 aromatic carbocycles. The molecule has 0 spiro atoms. The lowest BCUT2D eigenvalue weighted by Crippen LogP contribution is -1.83. The van der Waals surface area contributed by atoms with E-state index in [1.807, 2.05) is 0 Å². The molecule has 0 heterocycles. The summed E-state index contributed by atoms with van der Waals surface area (Å²) in [5.74, 6) is 0. The highest BCUT2D eigenvalue weighted by atomic mass is 79.9. The van der Waals surface area contributed by atoms with Crippen molar-refractivity contribution in [3.05, 3.63) is 44.3 Å². The SMILES string of the molecule is Cc1cc2c(Br)ccc(Br)c2cc1C. The zero-order valence-electron chi connectivity index (χ0n) is 8.07. The number of rotatable bonds is 0. The van der Waals surface area contributed by atoms with Gasteiger partial charge in [-0.05, 0) is 47.9 Å². The molecule has 0 aliphatic rings. The number of benzene rings is 2. The summed E-state index contributed by atoms with van der Waals surface area (Å²) in [6, 6.07) is 8.58. The first-order chi connectivity index (χ1) is 6.59. The van der Waals surface area contributed by atoms with E-state index in [4.69, 9.17) is 0 Å². The molecule has 14 heavy (non-hydrogen) atoms. The van der Waals surface area contributed by atoms with Crippen LogP contribution in [-0.2, 0) is 0 Å². The fraction of sp³-hybridized carbons (Fsp3) is 0.167. The van der Waals surface area contributed by atoms with Crippen LogP contribution in [0, 0.1) is 13.8 Å². The Bertz CT molecular complexity index is 455. The van der Waals surface area contributed by atoms with Crippen LogP contribution in [0.15, 0.2) is 33.2 Å². The second kappa shape index (κ2) is 3.67. The monoisotopic (exact) mass is 312 g/mol. The number of hydrogen-bond donors (Lipinski definition) is 0. The number of hydrogen-bond acceptors (Lipinski definition) is 0. The van der Waals surface area contributed by atoms with Crippen LogP contribution < -0.4 is 0 Å². The number of halogens is 2. The summed E-state index contributed by atoms with van der Waals surface area (Å²) in [6.45, 7) is 4.28. The van der Waals surface area contributed by atoms with Crippen molar-refractivity contribution in [3.63, 3.8) is 0 Å². The molecule has 0 radical (unpaired) electrons. The first kappa shape index (κ1) is 10.2. The lowest BCUT2D eigenvalue weighted by Gasteiger charge is -2.07. The summed E-state index contributed by atoms with van der Waals surface area (Å²) in [5, 5.41) is 2.53. The average molecular weight is 314 g/mol. The van der Waals surface area contributed by atoms with Crippen LogP contribution in [0.2, 0.25) is 0 Å². The smallest absolute Gasteiger partial charge is 0.0254 e. The third kappa shape index (κ3) is 1.61. The van der Waals surface area contributed by atoms with Crippen molar-refractivity contribution in [2.24, 2.45) is 0 Å². The Morgan fingerprint density at radius 1 is 0.786 bits per heavy atom. The molecule has 2 heteroatoms. The van der Waals surface area contributed by atoms with Crippen molar-refractivity contribution >= 4 is 42.6 Å². The van der Waals surface area contributed by atoms with Crippen molar-refractivity contribution in [2.75, 3.05) is 0 Å². The van der Waals surface area contributed by atoms with Gasteiger partial charge in [-0.15, -0.1) is 0 Å². The molecule has 2 aromatic rings. The van der Waals surface area contributed by atoms with E-state index in [2.05, 4.69) is 70.0 Å². The maximum atomic E-state index is 3.57. The normalized spacial score (nSPS) is 10.9. The maximum Gasteiger partial charge on any atom is 0.0254 e. The molecule has 0 aromatic heterocycles. The van der Waals surface area contributed by atoms with Crippen LogP contribution in [0.25, 0.3) is 10.8 Å². The van der Waals surface area contributed by atoms with Gasteiger partial charge in [0.05, 0.1) is 0 Å². The van der Waals surface area contributed by atoms with E-state index < -0.39 is 0 Å². The van der Waals surface area contributed by atoms with Gasteiger partial charge in [-0.25, -0.2) is 0 Å². The Kier molecular flexibility index (Phi) is 2.67. The zero-order chi connectivity index (χ0) is 10.3. The van der Waals surface area contributed by atoms with Gasteiger partial charge in [0, 0.05) is 8.95 Å². The standard InChI is InChI=1S/C12H10Br2/c1-7-5-9-10(6-8(7)2)12(14)4-3-11(9)13/h3-6H,1-2H3. The maximum absolute atomic E-state index is 3.57. The van der Waals surface area contributed by atoms with E-state index in [9.17, 15) is 0 Å². The molecule has 72 valence electrons. The molecule has 0 amide bonds. The average Bonchev–Trinajstić information content (AvgIpc) is 2.15. The molecule has 0 aliphatic carbocycles. The molecule has 0 unspecified atom stereocenters. The van der Waals surface area contributed by atoms with Gasteiger partial charge in [0.25, 0.3) is 0 Å². The van der Waals surface area contributed by atoms with Crippen LogP contribution in [-0.4, -0.2) is 0 Å². The Balaban J connectivity index is 2.94. The molecule has 0 N–H and O–H groups in total. The molecule has 0 saturated carbocycles. The fourth-order valence-corrected chi connectivity index (χ4v) is 2.46. The molecule has 0 saturated heterocycles. The summed E-state index contributed by atoms with van der Waals surface area (Å²) in [7, 11) is 0. The molecular formula is C12H10Br2.